The lowest BCUT2D eigenvalue weighted by atomic mass is 9.96. The Bertz CT molecular complexity index is 1520. The summed E-state index contributed by atoms with van der Waals surface area (Å²) >= 11 is 0. The van der Waals surface area contributed by atoms with Crippen molar-refractivity contribution in [3.63, 3.8) is 0 Å². The summed E-state index contributed by atoms with van der Waals surface area (Å²) in [7, 11) is 0. The molecule has 3 aromatic heterocycles. The summed E-state index contributed by atoms with van der Waals surface area (Å²) in [4.78, 5) is 8.55. The summed E-state index contributed by atoms with van der Waals surface area (Å²) in [5.74, 6) is 1.41. The molecule has 0 radical (unpaired) electrons. The van der Waals surface area contributed by atoms with Crippen LogP contribution in [0.15, 0.2) is 61.1 Å². The summed E-state index contributed by atoms with van der Waals surface area (Å²) in [6, 6.07) is 12.2. The Hall–Kier alpha value is -4.33. The standard InChI is InChI=1S/C26H23FN6O/c1-15-7-22-21(5-6-29-26(22)28)16(2)23(15)13-31-25-10-20(12-32-33-25)34-14-17-8-18-9-19(27)3-4-24(18)30-11-17/h3-12H,13-14H2,1-2H3,(H2,28,29)(H,31,33). The van der Waals surface area contributed by atoms with Gasteiger partial charge >= 0.3 is 0 Å². The Balaban J connectivity index is 1.29. The number of fused-ring (bicyclic) bond motifs is 2. The fourth-order valence-electron chi connectivity index (χ4n) is 4.09. The zero-order chi connectivity index (χ0) is 23.7. The van der Waals surface area contributed by atoms with E-state index < -0.39 is 0 Å². The van der Waals surface area contributed by atoms with Gasteiger partial charge < -0.3 is 15.8 Å². The van der Waals surface area contributed by atoms with Crippen molar-refractivity contribution in [3.05, 3.63) is 89.1 Å². The molecular formula is C26H23FN6O. The van der Waals surface area contributed by atoms with Gasteiger partial charge in [-0.3, -0.25) is 4.98 Å². The molecule has 0 aliphatic carbocycles. The van der Waals surface area contributed by atoms with Gasteiger partial charge in [0.2, 0.25) is 0 Å². The number of nitrogens with zero attached hydrogens (tertiary/aromatic N) is 4. The summed E-state index contributed by atoms with van der Waals surface area (Å²) in [6.45, 7) is 5.00. The molecule has 0 saturated carbocycles. The minimum Gasteiger partial charge on any atom is -0.487 e. The van der Waals surface area contributed by atoms with Gasteiger partial charge in [0, 0.05) is 41.3 Å². The van der Waals surface area contributed by atoms with Crippen molar-refractivity contribution in [1.82, 2.24) is 20.2 Å². The number of hydrogen-bond donors (Lipinski definition) is 2. The van der Waals surface area contributed by atoms with Crippen LogP contribution >= 0.6 is 0 Å². The zero-order valence-corrected chi connectivity index (χ0v) is 18.8. The Morgan fingerprint density at radius 1 is 1.00 bits per heavy atom. The fourth-order valence-corrected chi connectivity index (χ4v) is 4.09. The Morgan fingerprint density at radius 3 is 2.76 bits per heavy atom. The number of hydrogen-bond acceptors (Lipinski definition) is 7. The van der Waals surface area contributed by atoms with Gasteiger partial charge in [-0.05, 0) is 72.3 Å². The number of nitrogens with two attached hydrogens (primary N) is 1. The molecule has 34 heavy (non-hydrogen) atoms. The fraction of sp³-hybridized carbons (Fsp3) is 0.154. The van der Waals surface area contributed by atoms with Gasteiger partial charge in [0.15, 0.2) is 5.82 Å². The minimum absolute atomic E-state index is 0.281. The van der Waals surface area contributed by atoms with E-state index in [-0.39, 0.29) is 12.4 Å². The summed E-state index contributed by atoms with van der Waals surface area (Å²) in [5.41, 5.74) is 11.1. The molecule has 5 aromatic rings. The average Bonchev–Trinajstić information content (AvgIpc) is 2.83. The van der Waals surface area contributed by atoms with Gasteiger partial charge in [-0.25, -0.2) is 9.37 Å². The molecule has 2 aromatic carbocycles. The number of aryl methyl sites for hydroxylation is 2. The number of nitrogen functional groups attached to an aromatic ring is 1. The Kier molecular flexibility index (Phi) is 5.63. The van der Waals surface area contributed by atoms with E-state index in [0.29, 0.717) is 23.9 Å². The summed E-state index contributed by atoms with van der Waals surface area (Å²) in [5, 5.41) is 14.3. The maximum atomic E-state index is 13.5. The molecule has 0 bridgehead atoms. The lowest BCUT2D eigenvalue weighted by molar-refractivity contribution is 0.304. The number of rotatable bonds is 6. The number of ether oxygens (including phenoxy) is 1. The van der Waals surface area contributed by atoms with Crippen LogP contribution in [0.1, 0.15) is 22.3 Å². The molecule has 0 spiro atoms. The second-order valence-electron chi connectivity index (χ2n) is 8.19. The van der Waals surface area contributed by atoms with Gasteiger partial charge in [-0.15, -0.1) is 5.10 Å². The van der Waals surface area contributed by atoms with E-state index in [9.17, 15) is 4.39 Å². The van der Waals surface area contributed by atoms with Gasteiger partial charge in [-0.2, -0.15) is 5.10 Å². The van der Waals surface area contributed by atoms with E-state index in [0.717, 1.165) is 38.4 Å². The number of pyridine rings is 2. The maximum absolute atomic E-state index is 13.5. The SMILES string of the molecule is Cc1cc2c(N)nccc2c(C)c1CNc1cc(OCc2cnc3ccc(F)cc3c2)cnn1. The quantitative estimate of drug-likeness (QED) is 0.368. The number of halogens is 1. The van der Waals surface area contributed by atoms with E-state index in [1.54, 1.807) is 30.7 Å². The molecule has 3 heterocycles. The summed E-state index contributed by atoms with van der Waals surface area (Å²) in [6.07, 6.45) is 5.01. The molecule has 0 saturated heterocycles. The third-order valence-electron chi connectivity index (χ3n) is 5.90. The van der Waals surface area contributed by atoms with Crippen molar-refractivity contribution in [2.24, 2.45) is 0 Å². The second kappa shape index (κ2) is 8.90. The predicted octanol–water partition coefficient (Wildman–Crippen LogP) is 5.10. The van der Waals surface area contributed by atoms with E-state index in [4.69, 9.17) is 10.5 Å². The first-order chi connectivity index (χ1) is 16.5. The van der Waals surface area contributed by atoms with E-state index in [1.807, 2.05) is 12.1 Å². The molecular weight excluding hydrogens is 431 g/mol. The molecule has 8 heteroatoms. The van der Waals surface area contributed by atoms with Crippen LogP contribution in [0.4, 0.5) is 16.0 Å². The highest BCUT2D eigenvalue weighted by atomic mass is 19.1. The molecule has 3 N–H and O–H groups in total. The minimum atomic E-state index is -0.293. The third kappa shape index (κ3) is 4.30. The molecule has 0 unspecified atom stereocenters. The summed E-state index contributed by atoms with van der Waals surface area (Å²) < 4.78 is 19.4. The van der Waals surface area contributed by atoms with Crippen LogP contribution in [0.5, 0.6) is 5.75 Å². The topological polar surface area (TPSA) is 98.8 Å². The van der Waals surface area contributed by atoms with Gasteiger partial charge in [0.1, 0.15) is 24.0 Å². The average molecular weight is 455 g/mol. The van der Waals surface area contributed by atoms with Crippen LogP contribution in [0.25, 0.3) is 21.7 Å². The Morgan fingerprint density at radius 2 is 1.88 bits per heavy atom. The number of benzene rings is 2. The first-order valence-corrected chi connectivity index (χ1v) is 10.8. The monoisotopic (exact) mass is 454 g/mol. The second-order valence-corrected chi connectivity index (χ2v) is 8.19. The van der Waals surface area contributed by atoms with Crippen molar-refractivity contribution in [3.8, 4) is 5.75 Å². The van der Waals surface area contributed by atoms with Crippen molar-refractivity contribution >= 4 is 33.3 Å². The van der Waals surface area contributed by atoms with Crippen LogP contribution in [-0.4, -0.2) is 20.2 Å². The van der Waals surface area contributed by atoms with Crippen molar-refractivity contribution in [2.75, 3.05) is 11.1 Å². The van der Waals surface area contributed by atoms with Crippen LogP contribution in [0, 0.1) is 19.7 Å². The predicted molar refractivity (Wildman–Crippen MR) is 131 cm³/mol. The number of nitrogens with one attached hydrogen (secondary N) is 1. The van der Waals surface area contributed by atoms with Gasteiger partial charge in [-0.1, -0.05) is 0 Å². The lowest BCUT2D eigenvalue weighted by Crippen LogP contribution is -2.07. The normalized spacial score (nSPS) is 11.1. The van der Waals surface area contributed by atoms with Gasteiger partial charge in [0.05, 0.1) is 11.7 Å². The first-order valence-electron chi connectivity index (χ1n) is 10.8. The highest BCUT2D eigenvalue weighted by Gasteiger charge is 2.11. The van der Waals surface area contributed by atoms with Crippen LogP contribution in [0.2, 0.25) is 0 Å². The van der Waals surface area contributed by atoms with Crippen molar-refractivity contribution in [2.45, 2.75) is 27.0 Å². The smallest absolute Gasteiger partial charge is 0.152 e. The molecule has 5 rings (SSSR count). The van der Waals surface area contributed by atoms with Crippen LogP contribution in [-0.2, 0) is 13.2 Å². The third-order valence-corrected chi connectivity index (χ3v) is 5.90. The Labute approximate surface area is 195 Å². The zero-order valence-electron chi connectivity index (χ0n) is 18.8. The van der Waals surface area contributed by atoms with E-state index >= 15 is 0 Å². The van der Waals surface area contributed by atoms with Crippen LogP contribution < -0.4 is 15.8 Å². The highest BCUT2D eigenvalue weighted by Crippen LogP contribution is 2.28. The van der Waals surface area contributed by atoms with E-state index in [1.165, 1.54) is 17.7 Å². The molecule has 0 amide bonds. The van der Waals surface area contributed by atoms with Crippen LogP contribution in [0.3, 0.4) is 0 Å². The molecule has 170 valence electrons. The molecule has 7 nitrogen and oxygen atoms in total. The molecule has 0 atom stereocenters. The maximum Gasteiger partial charge on any atom is 0.152 e. The lowest BCUT2D eigenvalue weighted by Gasteiger charge is -2.15. The largest absolute Gasteiger partial charge is 0.487 e. The number of aromatic nitrogens is 4. The molecule has 0 aliphatic heterocycles. The molecule has 0 aliphatic rings. The van der Waals surface area contributed by atoms with E-state index in [2.05, 4.69) is 45.4 Å². The number of anilines is 2. The van der Waals surface area contributed by atoms with Crippen molar-refractivity contribution in [1.29, 1.82) is 0 Å². The molecule has 0 fully saturated rings. The highest BCUT2D eigenvalue weighted by molar-refractivity contribution is 5.94. The van der Waals surface area contributed by atoms with Crippen molar-refractivity contribution < 1.29 is 9.13 Å². The first kappa shape index (κ1) is 21.5. The van der Waals surface area contributed by atoms with Gasteiger partial charge in [0.25, 0.3) is 0 Å².